The third kappa shape index (κ3) is 4.68. The summed E-state index contributed by atoms with van der Waals surface area (Å²) in [4.78, 5) is 11.5. The molecule has 0 radical (unpaired) electrons. The number of aliphatic hydroxyl groups is 3. The molecule has 1 heterocycles. The maximum absolute atomic E-state index is 11.5. The molecule has 0 amide bonds. The fourth-order valence-electron chi connectivity index (χ4n) is 1.95. The second-order valence-corrected chi connectivity index (χ2v) is 5.38. The molecule has 116 valence electrons. The first kappa shape index (κ1) is 16.8. The van der Waals surface area contributed by atoms with E-state index < -0.39 is 30.5 Å². The van der Waals surface area contributed by atoms with E-state index in [4.69, 9.17) is 14.6 Å². The summed E-state index contributed by atoms with van der Waals surface area (Å²) < 4.78 is 9.97. The molecule has 0 saturated carbocycles. The Kier molecular flexibility index (Phi) is 6.81. The summed E-state index contributed by atoms with van der Waals surface area (Å²) >= 11 is 0. The molecule has 0 spiro atoms. The molecule has 1 aliphatic rings. The first-order valence-electron chi connectivity index (χ1n) is 7.03. The Hall–Kier alpha value is -1.27. The van der Waals surface area contributed by atoms with E-state index in [-0.39, 0.29) is 5.76 Å². The summed E-state index contributed by atoms with van der Waals surface area (Å²) in [6.07, 6.45) is 1.45. The van der Waals surface area contributed by atoms with Crippen LogP contribution in [0.4, 0.5) is 0 Å². The lowest BCUT2D eigenvalue weighted by Gasteiger charge is -2.13. The van der Waals surface area contributed by atoms with Crippen molar-refractivity contribution in [2.75, 3.05) is 13.2 Å². The summed E-state index contributed by atoms with van der Waals surface area (Å²) in [6.45, 7) is 4.04. The molecule has 0 bridgehead atoms. The van der Waals surface area contributed by atoms with Gasteiger partial charge in [0.15, 0.2) is 11.9 Å². The van der Waals surface area contributed by atoms with E-state index in [1.165, 1.54) is 0 Å². The van der Waals surface area contributed by atoms with Crippen LogP contribution in [0.1, 0.15) is 39.5 Å². The highest BCUT2D eigenvalue weighted by Gasteiger charge is 2.40. The van der Waals surface area contributed by atoms with Crippen LogP contribution in [-0.4, -0.2) is 46.7 Å². The van der Waals surface area contributed by atoms with Gasteiger partial charge in [-0.25, -0.2) is 4.79 Å². The Bertz CT molecular complexity index is 350. The zero-order valence-corrected chi connectivity index (χ0v) is 12.0. The standard InChI is InChI=1S/C14H24O6/c1-9(2)6-4-3-5-7-19-13-11(17)12(10(16)8-15)20-14(13)18/h9-10,12,15-17H,3-8H2,1-2H3/t10-,12+/m0/s1. The number of hydrogen-bond acceptors (Lipinski definition) is 6. The van der Waals surface area contributed by atoms with E-state index in [0.29, 0.717) is 12.5 Å². The number of unbranched alkanes of at least 4 members (excludes halogenated alkanes) is 2. The van der Waals surface area contributed by atoms with Crippen molar-refractivity contribution in [2.24, 2.45) is 5.92 Å². The first-order chi connectivity index (χ1) is 9.47. The second kappa shape index (κ2) is 8.11. The van der Waals surface area contributed by atoms with E-state index in [0.717, 1.165) is 25.7 Å². The molecule has 0 fully saturated rings. The average Bonchev–Trinajstić information content (AvgIpc) is 2.68. The summed E-state index contributed by atoms with van der Waals surface area (Å²) in [5.74, 6) is -0.833. The third-order valence-corrected chi connectivity index (χ3v) is 3.13. The van der Waals surface area contributed by atoms with E-state index in [1.54, 1.807) is 0 Å². The van der Waals surface area contributed by atoms with Crippen molar-refractivity contribution in [3.63, 3.8) is 0 Å². The van der Waals surface area contributed by atoms with Crippen molar-refractivity contribution in [2.45, 2.75) is 51.7 Å². The molecule has 20 heavy (non-hydrogen) atoms. The van der Waals surface area contributed by atoms with Gasteiger partial charge >= 0.3 is 5.97 Å². The molecule has 3 N–H and O–H groups in total. The zero-order chi connectivity index (χ0) is 15.1. The van der Waals surface area contributed by atoms with Crippen LogP contribution in [0.2, 0.25) is 0 Å². The molecule has 6 nitrogen and oxygen atoms in total. The van der Waals surface area contributed by atoms with Crippen molar-refractivity contribution < 1.29 is 29.6 Å². The van der Waals surface area contributed by atoms with Crippen LogP contribution >= 0.6 is 0 Å². The maximum Gasteiger partial charge on any atom is 0.378 e. The normalized spacial score (nSPS) is 20.4. The molecule has 0 aliphatic carbocycles. The summed E-state index contributed by atoms with van der Waals surface area (Å²) in [5.41, 5.74) is 0. The van der Waals surface area contributed by atoms with Crippen molar-refractivity contribution in [3.05, 3.63) is 11.5 Å². The van der Waals surface area contributed by atoms with Crippen molar-refractivity contribution in [1.82, 2.24) is 0 Å². The quantitative estimate of drug-likeness (QED) is 0.437. The summed E-state index contributed by atoms with van der Waals surface area (Å²) in [7, 11) is 0. The van der Waals surface area contributed by atoms with E-state index in [1.807, 2.05) is 0 Å². The molecule has 0 aromatic rings. The minimum atomic E-state index is -1.34. The topological polar surface area (TPSA) is 96.2 Å². The number of rotatable bonds is 9. The zero-order valence-electron chi connectivity index (χ0n) is 12.0. The summed E-state index contributed by atoms with van der Waals surface area (Å²) in [5, 5.41) is 27.9. The molecule has 0 saturated heterocycles. The van der Waals surface area contributed by atoms with Crippen molar-refractivity contribution in [3.8, 4) is 0 Å². The molecule has 1 aliphatic heterocycles. The van der Waals surface area contributed by atoms with Gasteiger partial charge in [0.1, 0.15) is 6.10 Å². The third-order valence-electron chi connectivity index (χ3n) is 3.13. The molecule has 1 rings (SSSR count). The van der Waals surface area contributed by atoms with Crippen LogP contribution in [0.25, 0.3) is 0 Å². The Balaban J connectivity index is 2.35. The predicted molar refractivity (Wildman–Crippen MR) is 71.9 cm³/mol. The van der Waals surface area contributed by atoms with Gasteiger partial charge in [0, 0.05) is 0 Å². The van der Waals surface area contributed by atoms with Crippen molar-refractivity contribution in [1.29, 1.82) is 0 Å². The Labute approximate surface area is 119 Å². The SMILES string of the molecule is CC(C)CCCCCOC1=C(O)[C@@H]([C@@H](O)CO)OC1=O. The van der Waals surface area contributed by atoms with Crippen LogP contribution in [0.15, 0.2) is 11.5 Å². The van der Waals surface area contributed by atoms with Crippen LogP contribution in [0.5, 0.6) is 0 Å². The minimum absolute atomic E-state index is 0.258. The number of aliphatic hydroxyl groups excluding tert-OH is 3. The first-order valence-corrected chi connectivity index (χ1v) is 7.03. The lowest BCUT2D eigenvalue weighted by atomic mass is 10.1. The fraction of sp³-hybridized carbons (Fsp3) is 0.786. The lowest BCUT2D eigenvalue weighted by Crippen LogP contribution is -2.31. The van der Waals surface area contributed by atoms with Gasteiger partial charge in [0.05, 0.1) is 13.2 Å². The Morgan fingerprint density at radius 3 is 2.60 bits per heavy atom. The molecule has 0 unspecified atom stereocenters. The highest BCUT2D eigenvalue weighted by atomic mass is 16.6. The van der Waals surface area contributed by atoms with Crippen LogP contribution in [-0.2, 0) is 14.3 Å². The van der Waals surface area contributed by atoms with Gasteiger partial charge in [-0.3, -0.25) is 0 Å². The van der Waals surface area contributed by atoms with E-state index >= 15 is 0 Å². The average molecular weight is 288 g/mol. The van der Waals surface area contributed by atoms with Crippen LogP contribution < -0.4 is 0 Å². The molecule has 0 aromatic heterocycles. The highest BCUT2D eigenvalue weighted by molar-refractivity contribution is 5.89. The second-order valence-electron chi connectivity index (χ2n) is 5.38. The molecule has 0 aromatic carbocycles. The van der Waals surface area contributed by atoms with Gasteiger partial charge in [-0.05, 0) is 12.3 Å². The molecule has 2 atom stereocenters. The monoisotopic (exact) mass is 288 g/mol. The lowest BCUT2D eigenvalue weighted by molar-refractivity contribution is -0.148. The summed E-state index contributed by atoms with van der Waals surface area (Å²) in [6, 6.07) is 0. The largest absolute Gasteiger partial charge is 0.505 e. The van der Waals surface area contributed by atoms with Gasteiger partial charge in [0.25, 0.3) is 0 Å². The van der Waals surface area contributed by atoms with E-state index in [9.17, 15) is 15.0 Å². The highest BCUT2D eigenvalue weighted by Crippen LogP contribution is 2.24. The van der Waals surface area contributed by atoms with Crippen LogP contribution in [0.3, 0.4) is 0 Å². The van der Waals surface area contributed by atoms with Gasteiger partial charge in [-0.15, -0.1) is 0 Å². The maximum atomic E-state index is 11.5. The fourth-order valence-corrected chi connectivity index (χ4v) is 1.95. The van der Waals surface area contributed by atoms with Gasteiger partial charge in [0.2, 0.25) is 5.76 Å². The molecular weight excluding hydrogens is 264 g/mol. The van der Waals surface area contributed by atoms with Gasteiger partial charge in [-0.2, -0.15) is 0 Å². The molecular formula is C14H24O6. The Morgan fingerprint density at radius 1 is 1.30 bits per heavy atom. The van der Waals surface area contributed by atoms with Gasteiger partial charge < -0.3 is 24.8 Å². The Morgan fingerprint density at radius 2 is 2.00 bits per heavy atom. The number of hydrogen-bond donors (Lipinski definition) is 3. The number of esters is 1. The molecule has 6 heteroatoms. The van der Waals surface area contributed by atoms with Crippen LogP contribution in [0, 0.1) is 5.92 Å². The van der Waals surface area contributed by atoms with Gasteiger partial charge in [-0.1, -0.05) is 33.1 Å². The van der Waals surface area contributed by atoms with Crippen molar-refractivity contribution >= 4 is 5.97 Å². The number of ether oxygens (including phenoxy) is 2. The smallest absolute Gasteiger partial charge is 0.378 e. The number of carbonyl (C=O) groups is 1. The number of carbonyl (C=O) groups excluding carboxylic acids is 1. The number of cyclic esters (lactones) is 1. The predicted octanol–water partition coefficient (Wildman–Crippen LogP) is 1.27. The minimum Gasteiger partial charge on any atom is -0.505 e. The van der Waals surface area contributed by atoms with E-state index in [2.05, 4.69) is 13.8 Å².